The van der Waals surface area contributed by atoms with Crippen molar-refractivity contribution in [2.75, 3.05) is 5.73 Å². The minimum atomic E-state index is -0.791. The number of H-pyrrole nitrogens is 1. The number of nitrogens with two attached hydrogens (primary N) is 1. The Hall–Kier alpha value is -2.96. The van der Waals surface area contributed by atoms with E-state index in [-0.39, 0.29) is 11.8 Å². The van der Waals surface area contributed by atoms with Crippen molar-refractivity contribution < 1.29 is 13.5 Å². The number of hydrogen-bond donors (Lipinski definition) is 2. The van der Waals surface area contributed by atoms with Crippen molar-refractivity contribution in [3.63, 3.8) is 0 Å². The van der Waals surface area contributed by atoms with Crippen LogP contribution in [0.4, 0.5) is 14.5 Å². The third kappa shape index (κ3) is 2.66. The molecule has 0 aliphatic rings. The van der Waals surface area contributed by atoms with Crippen LogP contribution < -0.4 is 16.0 Å². The van der Waals surface area contributed by atoms with Crippen LogP contribution in [-0.2, 0) is 0 Å². The maximum atomic E-state index is 13.1. The van der Waals surface area contributed by atoms with Gasteiger partial charge in [0.15, 0.2) is 0 Å². The summed E-state index contributed by atoms with van der Waals surface area (Å²) in [5.74, 6) is -1.69. The third-order valence-electron chi connectivity index (χ3n) is 2.76. The zero-order valence-corrected chi connectivity index (χ0v) is 10.6. The van der Waals surface area contributed by atoms with Gasteiger partial charge in [-0.2, -0.15) is 4.98 Å². The predicted molar refractivity (Wildman–Crippen MR) is 73.2 cm³/mol. The highest BCUT2D eigenvalue weighted by molar-refractivity contribution is 5.81. The summed E-state index contributed by atoms with van der Waals surface area (Å²) >= 11 is 0. The molecule has 21 heavy (non-hydrogen) atoms. The summed E-state index contributed by atoms with van der Waals surface area (Å²) in [5, 5.41) is 0.299. The smallest absolute Gasteiger partial charge is 0.302 e. The first kappa shape index (κ1) is 13.0. The van der Waals surface area contributed by atoms with Crippen LogP contribution in [0.3, 0.4) is 0 Å². The second-order valence-corrected chi connectivity index (χ2v) is 4.35. The molecule has 5 nitrogen and oxygen atoms in total. The van der Waals surface area contributed by atoms with Gasteiger partial charge >= 0.3 is 6.01 Å². The lowest BCUT2D eigenvalue weighted by molar-refractivity contribution is 0.433. The number of nitrogens with one attached hydrogen (secondary N) is 1. The molecular weight excluding hydrogens is 280 g/mol. The quantitative estimate of drug-likeness (QED) is 0.710. The highest BCUT2D eigenvalue weighted by atomic mass is 19.1. The van der Waals surface area contributed by atoms with E-state index in [4.69, 9.17) is 10.5 Å². The fraction of sp³-hybridized carbons (Fsp3) is 0. The van der Waals surface area contributed by atoms with Gasteiger partial charge in [-0.1, -0.05) is 0 Å². The van der Waals surface area contributed by atoms with Gasteiger partial charge in [-0.3, -0.25) is 9.78 Å². The number of hydrogen-bond acceptors (Lipinski definition) is 4. The first-order valence-electron chi connectivity index (χ1n) is 5.95. The van der Waals surface area contributed by atoms with E-state index in [0.717, 1.165) is 12.1 Å². The first-order chi connectivity index (χ1) is 10.0. The third-order valence-corrected chi connectivity index (χ3v) is 2.76. The molecule has 3 rings (SSSR count). The van der Waals surface area contributed by atoms with Gasteiger partial charge in [0.05, 0.1) is 10.9 Å². The molecule has 0 aliphatic heterocycles. The normalized spacial score (nSPS) is 10.8. The Morgan fingerprint density at radius 2 is 1.81 bits per heavy atom. The van der Waals surface area contributed by atoms with Crippen LogP contribution in [0, 0.1) is 11.6 Å². The number of ether oxygens (including phenoxy) is 1. The Morgan fingerprint density at radius 1 is 1.10 bits per heavy atom. The van der Waals surface area contributed by atoms with Gasteiger partial charge in [0.2, 0.25) is 0 Å². The van der Waals surface area contributed by atoms with E-state index in [1.54, 1.807) is 12.1 Å². The van der Waals surface area contributed by atoms with Crippen LogP contribution >= 0.6 is 0 Å². The molecule has 0 saturated carbocycles. The van der Waals surface area contributed by atoms with Gasteiger partial charge in [0, 0.05) is 23.9 Å². The van der Waals surface area contributed by atoms with Gasteiger partial charge in [-0.15, -0.1) is 0 Å². The monoisotopic (exact) mass is 289 g/mol. The lowest BCUT2D eigenvalue weighted by Crippen LogP contribution is -2.09. The van der Waals surface area contributed by atoms with Crippen LogP contribution in [0.25, 0.3) is 10.9 Å². The SMILES string of the molecule is Nc1ccc2nc(Oc3cc(F)cc(F)c3)[nH]c(=O)c2c1. The molecule has 0 atom stereocenters. The van der Waals surface area contributed by atoms with Gasteiger partial charge in [0.1, 0.15) is 17.4 Å². The average Bonchev–Trinajstić information content (AvgIpc) is 2.38. The van der Waals surface area contributed by atoms with Crippen molar-refractivity contribution in [3.05, 3.63) is 58.4 Å². The Bertz CT molecular complexity index is 873. The molecule has 0 fully saturated rings. The standard InChI is InChI=1S/C14H9F2N3O2/c15-7-3-8(16)5-10(4-7)21-14-18-12-2-1-9(17)6-11(12)13(20)19-14/h1-6H,17H2,(H,18,19,20). The summed E-state index contributed by atoms with van der Waals surface area (Å²) in [4.78, 5) is 18.3. The van der Waals surface area contributed by atoms with Crippen molar-refractivity contribution in [2.24, 2.45) is 0 Å². The van der Waals surface area contributed by atoms with E-state index in [1.165, 1.54) is 6.07 Å². The van der Waals surface area contributed by atoms with Crippen LogP contribution in [0.2, 0.25) is 0 Å². The molecule has 7 heteroatoms. The minimum Gasteiger partial charge on any atom is -0.425 e. The molecule has 0 aliphatic carbocycles. The second-order valence-electron chi connectivity index (χ2n) is 4.35. The molecule has 2 aromatic carbocycles. The summed E-state index contributed by atoms with van der Waals surface area (Å²) in [6, 6.07) is 7.13. The van der Waals surface area contributed by atoms with E-state index >= 15 is 0 Å². The maximum absolute atomic E-state index is 13.1. The fourth-order valence-corrected chi connectivity index (χ4v) is 1.88. The van der Waals surface area contributed by atoms with Gasteiger partial charge in [-0.05, 0) is 18.2 Å². The number of halogens is 2. The van der Waals surface area contributed by atoms with E-state index in [1.807, 2.05) is 0 Å². The van der Waals surface area contributed by atoms with Crippen LogP contribution in [-0.4, -0.2) is 9.97 Å². The van der Waals surface area contributed by atoms with E-state index in [0.29, 0.717) is 22.7 Å². The number of benzene rings is 2. The number of aromatic amines is 1. The largest absolute Gasteiger partial charge is 0.425 e. The lowest BCUT2D eigenvalue weighted by atomic mass is 10.2. The highest BCUT2D eigenvalue weighted by Crippen LogP contribution is 2.21. The second kappa shape index (κ2) is 4.86. The van der Waals surface area contributed by atoms with E-state index in [2.05, 4.69) is 9.97 Å². The Balaban J connectivity index is 2.05. The van der Waals surface area contributed by atoms with Gasteiger partial charge in [0.25, 0.3) is 5.56 Å². The van der Waals surface area contributed by atoms with E-state index < -0.39 is 17.2 Å². The fourth-order valence-electron chi connectivity index (χ4n) is 1.88. The molecule has 0 radical (unpaired) electrons. The number of aromatic nitrogens is 2. The number of fused-ring (bicyclic) bond motifs is 1. The zero-order chi connectivity index (χ0) is 15.0. The van der Waals surface area contributed by atoms with E-state index in [9.17, 15) is 13.6 Å². The molecular formula is C14H9F2N3O2. The number of nitrogen functional groups attached to an aromatic ring is 1. The minimum absolute atomic E-state index is 0.106. The summed E-state index contributed by atoms with van der Waals surface area (Å²) in [5.41, 5.74) is 5.92. The zero-order valence-electron chi connectivity index (χ0n) is 10.6. The summed E-state index contributed by atoms with van der Waals surface area (Å²) < 4.78 is 31.3. The number of anilines is 1. The molecule has 1 aromatic heterocycles. The lowest BCUT2D eigenvalue weighted by Gasteiger charge is -2.06. The van der Waals surface area contributed by atoms with Crippen LogP contribution in [0.5, 0.6) is 11.8 Å². The summed E-state index contributed by atoms with van der Waals surface area (Å²) in [6.45, 7) is 0. The molecule has 1 heterocycles. The predicted octanol–water partition coefficient (Wildman–Crippen LogP) is 2.58. The summed E-state index contributed by atoms with van der Waals surface area (Å²) in [6.07, 6.45) is 0. The molecule has 0 saturated heterocycles. The average molecular weight is 289 g/mol. The van der Waals surface area contributed by atoms with Gasteiger partial charge < -0.3 is 10.5 Å². The molecule has 0 unspecified atom stereocenters. The Labute approximate surface area is 117 Å². The number of rotatable bonds is 2. The first-order valence-corrected chi connectivity index (χ1v) is 5.95. The molecule has 0 bridgehead atoms. The highest BCUT2D eigenvalue weighted by Gasteiger charge is 2.08. The van der Waals surface area contributed by atoms with Crippen molar-refractivity contribution >= 4 is 16.6 Å². The molecule has 106 valence electrons. The molecule has 0 spiro atoms. The van der Waals surface area contributed by atoms with Gasteiger partial charge in [-0.25, -0.2) is 8.78 Å². The Kier molecular flexibility index (Phi) is 3.02. The van der Waals surface area contributed by atoms with Crippen molar-refractivity contribution in [1.82, 2.24) is 9.97 Å². The number of nitrogens with zero attached hydrogens (tertiary/aromatic N) is 1. The van der Waals surface area contributed by atoms with Crippen molar-refractivity contribution in [3.8, 4) is 11.8 Å². The molecule has 0 amide bonds. The molecule has 3 N–H and O–H groups in total. The topological polar surface area (TPSA) is 81.0 Å². The van der Waals surface area contributed by atoms with Crippen LogP contribution in [0.1, 0.15) is 0 Å². The Morgan fingerprint density at radius 3 is 2.52 bits per heavy atom. The maximum Gasteiger partial charge on any atom is 0.302 e. The molecule has 3 aromatic rings. The van der Waals surface area contributed by atoms with Crippen LogP contribution in [0.15, 0.2) is 41.2 Å². The van der Waals surface area contributed by atoms with Crippen molar-refractivity contribution in [1.29, 1.82) is 0 Å². The summed E-state index contributed by atoms with van der Waals surface area (Å²) in [7, 11) is 0. The van der Waals surface area contributed by atoms with Crippen molar-refractivity contribution in [2.45, 2.75) is 0 Å².